The van der Waals surface area contributed by atoms with Crippen LogP contribution in [0.5, 0.6) is 0 Å². The summed E-state index contributed by atoms with van der Waals surface area (Å²) in [5.74, 6) is 0. The lowest BCUT2D eigenvalue weighted by molar-refractivity contribution is 0.174. The molecule has 72 valence electrons. The van der Waals surface area contributed by atoms with Gasteiger partial charge < -0.3 is 10.5 Å². The number of hydrogen-bond acceptors (Lipinski definition) is 4. The first-order valence-corrected chi connectivity index (χ1v) is 5.41. The van der Waals surface area contributed by atoms with Gasteiger partial charge in [-0.3, -0.25) is 0 Å². The minimum absolute atomic E-state index is 0.000293. The molecule has 0 amide bonds. The maximum absolute atomic E-state index is 10.6. The van der Waals surface area contributed by atoms with Crippen LogP contribution in [0.15, 0.2) is 0 Å². The van der Waals surface area contributed by atoms with Gasteiger partial charge in [-0.2, -0.15) is 4.72 Å². The number of rotatable bonds is 4. The molecule has 0 aromatic heterocycles. The van der Waals surface area contributed by atoms with E-state index < -0.39 is 21.6 Å². The van der Waals surface area contributed by atoms with Crippen molar-refractivity contribution in [2.24, 2.45) is 0 Å². The molecule has 0 rings (SSSR count). The molecule has 0 bridgehead atoms. The van der Waals surface area contributed by atoms with Gasteiger partial charge >= 0.3 is 0 Å². The lowest BCUT2D eigenvalue weighted by Crippen LogP contribution is -2.42. The first-order valence-electron chi connectivity index (χ1n) is 3.08. The molecule has 0 aliphatic carbocycles. The van der Waals surface area contributed by atoms with Gasteiger partial charge in [0.25, 0.3) is 0 Å². The van der Waals surface area contributed by atoms with E-state index in [4.69, 9.17) is 22.1 Å². The van der Waals surface area contributed by atoms with Gasteiger partial charge in [0.2, 0.25) is 10.0 Å². The second-order valence-electron chi connectivity index (χ2n) is 2.42. The second-order valence-corrected chi connectivity index (χ2v) is 4.67. The first kappa shape index (κ1) is 11.8. The SMILES string of the molecule is CC(=N)C(Cl)C(O)NS(C)(=O)=O. The summed E-state index contributed by atoms with van der Waals surface area (Å²) >= 11 is 5.47. The summed E-state index contributed by atoms with van der Waals surface area (Å²) in [5.41, 5.74) is 0.000293. The Morgan fingerprint density at radius 2 is 2.08 bits per heavy atom. The smallest absolute Gasteiger partial charge is 0.210 e. The van der Waals surface area contributed by atoms with Gasteiger partial charge in [-0.15, -0.1) is 11.6 Å². The fourth-order valence-corrected chi connectivity index (χ4v) is 1.23. The summed E-state index contributed by atoms with van der Waals surface area (Å²) < 4.78 is 23.0. The maximum atomic E-state index is 10.6. The van der Waals surface area contributed by atoms with Crippen molar-refractivity contribution in [2.45, 2.75) is 18.5 Å². The van der Waals surface area contributed by atoms with Crippen molar-refractivity contribution >= 4 is 27.3 Å². The van der Waals surface area contributed by atoms with Gasteiger partial charge in [0.05, 0.1) is 6.26 Å². The van der Waals surface area contributed by atoms with Gasteiger partial charge in [0.1, 0.15) is 11.6 Å². The van der Waals surface area contributed by atoms with Crippen LogP contribution in [-0.4, -0.2) is 37.1 Å². The molecule has 0 aliphatic heterocycles. The zero-order valence-electron chi connectivity index (χ0n) is 6.70. The van der Waals surface area contributed by atoms with Crippen LogP contribution in [0.2, 0.25) is 0 Å². The van der Waals surface area contributed by atoms with Crippen molar-refractivity contribution in [3.8, 4) is 0 Å². The van der Waals surface area contributed by atoms with E-state index in [9.17, 15) is 8.42 Å². The van der Waals surface area contributed by atoms with Crippen LogP contribution in [-0.2, 0) is 10.0 Å². The molecular weight excluding hydrogens is 204 g/mol. The van der Waals surface area contributed by atoms with Gasteiger partial charge in [-0.1, -0.05) is 0 Å². The molecule has 2 atom stereocenters. The molecular formula is C5H11ClN2O3S. The molecule has 7 heteroatoms. The molecule has 2 unspecified atom stereocenters. The molecule has 0 aromatic carbocycles. The third-order valence-electron chi connectivity index (χ3n) is 1.03. The molecule has 0 aromatic rings. The van der Waals surface area contributed by atoms with Crippen LogP contribution in [0.4, 0.5) is 0 Å². The predicted molar refractivity (Wildman–Crippen MR) is 47.0 cm³/mol. The molecule has 0 spiro atoms. The van der Waals surface area contributed by atoms with Crippen molar-refractivity contribution in [2.75, 3.05) is 6.26 Å². The first-order chi connectivity index (χ1) is 5.24. The fourth-order valence-electron chi connectivity index (χ4n) is 0.516. The third kappa shape index (κ3) is 4.66. The highest BCUT2D eigenvalue weighted by Crippen LogP contribution is 2.02. The van der Waals surface area contributed by atoms with Crippen molar-refractivity contribution in [3.05, 3.63) is 0 Å². The molecule has 0 saturated heterocycles. The maximum Gasteiger partial charge on any atom is 0.210 e. The summed E-state index contributed by atoms with van der Waals surface area (Å²) in [6.45, 7) is 1.38. The highest BCUT2D eigenvalue weighted by molar-refractivity contribution is 7.88. The number of nitrogens with one attached hydrogen (secondary N) is 2. The Bertz CT molecular complexity index is 264. The Morgan fingerprint density at radius 3 is 2.33 bits per heavy atom. The third-order valence-corrected chi connectivity index (χ3v) is 2.26. The summed E-state index contributed by atoms with van der Waals surface area (Å²) in [4.78, 5) is 0. The number of sulfonamides is 1. The Kier molecular flexibility index (Phi) is 4.12. The number of halogens is 1. The highest BCUT2D eigenvalue weighted by atomic mass is 35.5. The van der Waals surface area contributed by atoms with Gasteiger partial charge in [0.15, 0.2) is 0 Å². The highest BCUT2D eigenvalue weighted by Gasteiger charge is 2.21. The van der Waals surface area contributed by atoms with Crippen LogP contribution >= 0.6 is 11.6 Å². The van der Waals surface area contributed by atoms with E-state index in [1.54, 1.807) is 0 Å². The van der Waals surface area contributed by atoms with Crippen molar-refractivity contribution in [1.29, 1.82) is 5.41 Å². The minimum atomic E-state index is -3.48. The minimum Gasteiger partial charge on any atom is -0.376 e. The number of alkyl halides is 1. The molecule has 5 nitrogen and oxygen atoms in total. The Morgan fingerprint density at radius 1 is 1.67 bits per heavy atom. The lowest BCUT2D eigenvalue weighted by atomic mass is 10.3. The van der Waals surface area contributed by atoms with Crippen LogP contribution in [0.1, 0.15) is 6.92 Å². The van der Waals surface area contributed by atoms with Crippen molar-refractivity contribution in [1.82, 2.24) is 4.72 Å². The molecule has 0 heterocycles. The second kappa shape index (κ2) is 4.18. The van der Waals surface area contributed by atoms with E-state index in [1.165, 1.54) is 6.92 Å². The van der Waals surface area contributed by atoms with Crippen LogP contribution in [0.3, 0.4) is 0 Å². The van der Waals surface area contributed by atoms with E-state index >= 15 is 0 Å². The van der Waals surface area contributed by atoms with E-state index in [2.05, 4.69) is 0 Å². The standard InChI is InChI=1S/C5H11ClN2O3S/c1-3(7)4(6)5(9)8-12(2,10)11/h4-5,7-9H,1-2H3. The van der Waals surface area contributed by atoms with Crippen molar-refractivity contribution in [3.63, 3.8) is 0 Å². The zero-order valence-corrected chi connectivity index (χ0v) is 8.28. The van der Waals surface area contributed by atoms with Gasteiger partial charge in [-0.05, 0) is 6.92 Å². The summed E-state index contributed by atoms with van der Waals surface area (Å²) in [5, 5.41) is 15.0. The van der Waals surface area contributed by atoms with Gasteiger partial charge in [-0.25, -0.2) is 8.42 Å². The Balaban J connectivity index is 4.23. The van der Waals surface area contributed by atoms with E-state index in [1.807, 2.05) is 4.72 Å². The van der Waals surface area contributed by atoms with E-state index in [0.717, 1.165) is 6.26 Å². The summed E-state index contributed by atoms with van der Waals surface area (Å²) in [6, 6.07) is 0. The van der Waals surface area contributed by atoms with Crippen LogP contribution in [0.25, 0.3) is 0 Å². The zero-order chi connectivity index (χ0) is 9.94. The monoisotopic (exact) mass is 214 g/mol. The molecule has 12 heavy (non-hydrogen) atoms. The summed E-state index contributed by atoms with van der Waals surface area (Å²) in [6.07, 6.45) is -0.543. The largest absolute Gasteiger partial charge is 0.376 e. The molecule has 0 saturated carbocycles. The lowest BCUT2D eigenvalue weighted by Gasteiger charge is -2.15. The van der Waals surface area contributed by atoms with E-state index in [0.29, 0.717) is 0 Å². The number of aliphatic hydroxyl groups is 1. The summed E-state index contributed by atoms with van der Waals surface area (Å²) in [7, 11) is -3.48. The average molecular weight is 215 g/mol. The topological polar surface area (TPSA) is 90.2 Å². The molecule has 0 fully saturated rings. The molecule has 0 aliphatic rings. The fraction of sp³-hybridized carbons (Fsp3) is 0.800. The number of aliphatic hydroxyl groups excluding tert-OH is 1. The van der Waals surface area contributed by atoms with E-state index in [-0.39, 0.29) is 5.71 Å². The van der Waals surface area contributed by atoms with Crippen LogP contribution < -0.4 is 4.72 Å². The number of hydrogen-bond donors (Lipinski definition) is 3. The van der Waals surface area contributed by atoms with Gasteiger partial charge in [0, 0.05) is 5.71 Å². The molecule has 3 N–H and O–H groups in total. The Labute approximate surface area is 76.3 Å². The van der Waals surface area contributed by atoms with Crippen molar-refractivity contribution < 1.29 is 13.5 Å². The van der Waals surface area contributed by atoms with Crippen LogP contribution in [0, 0.1) is 5.41 Å². The normalized spacial score (nSPS) is 17.0. The predicted octanol–water partition coefficient (Wildman–Crippen LogP) is -0.499. The Hall–Kier alpha value is -0.170. The quantitative estimate of drug-likeness (QED) is 0.335. The average Bonchev–Trinajstić information content (AvgIpc) is 1.82. The molecule has 0 radical (unpaired) electrons.